The minimum Gasteiger partial charge on any atom is -0.363 e. The molecule has 28 heavy (non-hydrogen) atoms. The lowest BCUT2D eigenvalue weighted by Gasteiger charge is -2.15. The fraction of sp³-hybridized carbons (Fsp3) is 0.100. The third-order valence-corrected chi connectivity index (χ3v) is 5.50. The van der Waals surface area contributed by atoms with Gasteiger partial charge in [-0.3, -0.25) is 0 Å². The van der Waals surface area contributed by atoms with Gasteiger partial charge in [0.25, 0.3) is 0 Å². The van der Waals surface area contributed by atoms with Crippen molar-refractivity contribution in [2.45, 2.75) is 17.9 Å². The van der Waals surface area contributed by atoms with E-state index >= 15 is 0 Å². The van der Waals surface area contributed by atoms with Gasteiger partial charge in [0.2, 0.25) is 10.0 Å². The maximum absolute atomic E-state index is 11.4. The number of hydrogen-bond acceptors (Lipinski definition) is 5. The molecule has 7 nitrogen and oxygen atoms in total. The second-order valence-corrected chi connectivity index (χ2v) is 8.08. The van der Waals surface area contributed by atoms with Crippen LogP contribution in [0.15, 0.2) is 71.9 Å². The number of nitrogens with zero attached hydrogens (tertiary/aromatic N) is 2. The van der Waals surface area contributed by atoms with Gasteiger partial charge >= 0.3 is 0 Å². The largest absolute Gasteiger partial charge is 0.363 e. The van der Waals surface area contributed by atoms with E-state index in [1.54, 1.807) is 12.1 Å². The normalized spacial score (nSPS) is 12.8. The van der Waals surface area contributed by atoms with Crippen molar-refractivity contribution in [3.05, 3.63) is 72.6 Å². The highest BCUT2D eigenvalue weighted by molar-refractivity contribution is 7.89. The fourth-order valence-corrected chi connectivity index (χ4v) is 3.58. The Morgan fingerprint density at radius 1 is 1.04 bits per heavy atom. The lowest BCUT2D eigenvalue weighted by Crippen LogP contribution is -2.11. The number of nitrogens with one attached hydrogen (secondary N) is 2. The van der Waals surface area contributed by atoms with E-state index in [2.05, 4.69) is 39.3 Å². The Labute approximate surface area is 162 Å². The van der Waals surface area contributed by atoms with Gasteiger partial charge in [-0.2, -0.15) is 0 Å². The number of fused-ring (bicyclic) bond motifs is 1. The highest BCUT2D eigenvalue weighted by Crippen LogP contribution is 2.29. The van der Waals surface area contributed by atoms with Crippen LogP contribution in [0.3, 0.4) is 0 Å². The van der Waals surface area contributed by atoms with Gasteiger partial charge in [0.1, 0.15) is 17.8 Å². The molecule has 0 aliphatic rings. The molecule has 0 saturated heterocycles. The van der Waals surface area contributed by atoms with Crippen molar-refractivity contribution >= 4 is 26.9 Å². The van der Waals surface area contributed by atoms with Gasteiger partial charge < -0.3 is 10.3 Å². The molecule has 0 fully saturated rings. The average molecular weight is 393 g/mol. The molecule has 8 heteroatoms. The summed E-state index contributed by atoms with van der Waals surface area (Å²) in [5, 5.41) is 9.44. The molecule has 0 spiro atoms. The topological polar surface area (TPSA) is 114 Å². The highest BCUT2D eigenvalue weighted by atomic mass is 32.2. The molecule has 2 heterocycles. The summed E-state index contributed by atoms with van der Waals surface area (Å²) in [5.41, 5.74) is 3.49. The van der Waals surface area contributed by atoms with E-state index in [4.69, 9.17) is 5.14 Å². The van der Waals surface area contributed by atoms with Gasteiger partial charge in [-0.05, 0) is 36.2 Å². The third kappa shape index (κ3) is 3.60. The maximum atomic E-state index is 11.4. The SMILES string of the molecule is C[C@@H](Nc1ncnc2[nH]c(-c3ccc(S(N)(=O)=O)cc3)cc12)c1ccccc1. The van der Waals surface area contributed by atoms with E-state index in [0.717, 1.165) is 28.0 Å². The number of H-pyrrole nitrogens is 1. The van der Waals surface area contributed by atoms with E-state index in [1.165, 1.54) is 18.5 Å². The first-order chi connectivity index (χ1) is 13.4. The van der Waals surface area contributed by atoms with Crippen molar-refractivity contribution in [3.63, 3.8) is 0 Å². The fourth-order valence-electron chi connectivity index (χ4n) is 3.06. The molecule has 4 aromatic rings. The minimum absolute atomic E-state index is 0.0752. The summed E-state index contributed by atoms with van der Waals surface area (Å²) in [7, 11) is -3.72. The molecule has 0 amide bonds. The molecule has 2 aromatic heterocycles. The van der Waals surface area contributed by atoms with Crippen LogP contribution in [0.5, 0.6) is 0 Å². The maximum Gasteiger partial charge on any atom is 0.238 e. The smallest absolute Gasteiger partial charge is 0.238 e. The van der Waals surface area contributed by atoms with Crippen LogP contribution in [0, 0.1) is 0 Å². The molecule has 1 atom stereocenters. The number of aromatic amines is 1. The summed E-state index contributed by atoms with van der Waals surface area (Å²) < 4.78 is 22.9. The Balaban J connectivity index is 1.67. The van der Waals surface area contributed by atoms with Crippen molar-refractivity contribution < 1.29 is 8.42 Å². The summed E-state index contributed by atoms with van der Waals surface area (Å²) in [6, 6.07) is 18.5. The Bertz CT molecular complexity index is 1220. The van der Waals surface area contributed by atoms with E-state index < -0.39 is 10.0 Å². The quantitative estimate of drug-likeness (QED) is 0.480. The van der Waals surface area contributed by atoms with Crippen molar-refractivity contribution in [3.8, 4) is 11.3 Å². The summed E-state index contributed by atoms with van der Waals surface area (Å²) in [4.78, 5) is 12.0. The number of primary sulfonamides is 1. The van der Waals surface area contributed by atoms with Gasteiger partial charge in [0.15, 0.2) is 0 Å². The van der Waals surface area contributed by atoms with Crippen LogP contribution in [0.2, 0.25) is 0 Å². The molecule has 2 aromatic carbocycles. The molecule has 142 valence electrons. The number of rotatable bonds is 5. The molecule has 0 saturated carbocycles. The number of anilines is 1. The van der Waals surface area contributed by atoms with Crippen LogP contribution in [-0.2, 0) is 10.0 Å². The number of hydrogen-bond donors (Lipinski definition) is 3. The zero-order valence-corrected chi connectivity index (χ0v) is 15.9. The van der Waals surface area contributed by atoms with Crippen LogP contribution >= 0.6 is 0 Å². The highest BCUT2D eigenvalue weighted by Gasteiger charge is 2.13. The van der Waals surface area contributed by atoms with E-state index in [-0.39, 0.29) is 10.9 Å². The Kier molecular flexibility index (Phi) is 4.58. The van der Waals surface area contributed by atoms with Crippen molar-refractivity contribution in [2.24, 2.45) is 5.14 Å². The molecule has 0 radical (unpaired) electrons. The van der Waals surface area contributed by atoms with Gasteiger partial charge in [-0.25, -0.2) is 23.5 Å². The number of benzene rings is 2. The zero-order valence-electron chi connectivity index (χ0n) is 15.1. The summed E-state index contributed by atoms with van der Waals surface area (Å²) >= 11 is 0. The van der Waals surface area contributed by atoms with Crippen LogP contribution in [-0.4, -0.2) is 23.4 Å². The van der Waals surface area contributed by atoms with Gasteiger partial charge in [0.05, 0.1) is 10.3 Å². The second kappa shape index (κ2) is 7.06. The predicted octanol–water partition coefficient (Wildman–Crippen LogP) is 3.45. The van der Waals surface area contributed by atoms with Crippen LogP contribution in [0.25, 0.3) is 22.3 Å². The van der Waals surface area contributed by atoms with Crippen molar-refractivity contribution in [1.29, 1.82) is 0 Å². The number of aromatic nitrogens is 3. The first kappa shape index (κ1) is 18.1. The third-order valence-electron chi connectivity index (χ3n) is 4.57. The van der Waals surface area contributed by atoms with Gasteiger partial charge in [0, 0.05) is 11.7 Å². The van der Waals surface area contributed by atoms with Gasteiger partial charge in [-0.1, -0.05) is 42.5 Å². The lowest BCUT2D eigenvalue weighted by atomic mass is 10.1. The van der Waals surface area contributed by atoms with Crippen LogP contribution < -0.4 is 10.5 Å². The Morgan fingerprint density at radius 2 is 1.75 bits per heavy atom. The standard InChI is InChI=1S/C20H19N5O2S/c1-13(14-5-3-2-4-6-14)24-19-17-11-18(25-20(17)23-12-22-19)15-7-9-16(10-8-15)28(21,26)27/h2-13H,1H3,(H2,21,26,27)(H2,22,23,24,25)/t13-/m1/s1. The number of nitrogens with two attached hydrogens (primary N) is 1. The summed E-state index contributed by atoms with van der Waals surface area (Å²) in [6.45, 7) is 2.07. The zero-order chi connectivity index (χ0) is 19.7. The first-order valence-electron chi connectivity index (χ1n) is 8.70. The number of sulfonamides is 1. The van der Waals surface area contributed by atoms with E-state index in [9.17, 15) is 8.42 Å². The molecule has 0 aliphatic carbocycles. The Hall–Kier alpha value is -3.23. The van der Waals surface area contributed by atoms with E-state index in [1.807, 2.05) is 24.3 Å². The molecule has 4 rings (SSSR count). The van der Waals surface area contributed by atoms with Crippen molar-refractivity contribution in [1.82, 2.24) is 15.0 Å². The average Bonchev–Trinajstić information content (AvgIpc) is 3.13. The molecular weight excluding hydrogens is 374 g/mol. The summed E-state index contributed by atoms with van der Waals surface area (Å²) in [5.74, 6) is 0.727. The minimum atomic E-state index is -3.72. The monoisotopic (exact) mass is 393 g/mol. The van der Waals surface area contributed by atoms with Crippen molar-refractivity contribution in [2.75, 3.05) is 5.32 Å². The van der Waals surface area contributed by atoms with Crippen LogP contribution in [0.4, 0.5) is 5.82 Å². The Morgan fingerprint density at radius 3 is 2.43 bits per heavy atom. The second-order valence-electron chi connectivity index (χ2n) is 6.51. The van der Waals surface area contributed by atoms with Gasteiger partial charge in [-0.15, -0.1) is 0 Å². The van der Waals surface area contributed by atoms with Crippen LogP contribution in [0.1, 0.15) is 18.5 Å². The molecule has 0 unspecified atom stereocenters. The van der Waals surface area contributed by atoms with E-state index in [0.29, 0.717) is 5.65 Å². The predicted molar refractivity (Wildman–Crippen MR) is 109 cm³/mol. The molecule has 4 N–H and O–H groups in total. The molecular formula is C20H19N5O2S. The summed E-state index contributed by atoms with van der Waals surface area (Å²) in [6.07, 6.45) is 1.51. The lowest BCUT2D eigenvalue weighted by molar-refractivity contribution is 0.598. The molecule has 0 bridgehead atoms. The molecule has 0 aliphatic heterocycles. The first-order valence-corrected chi connectivity index (χ1v) is 10.2.